The highest BCUT2D eigenvalue weighted by Gasteiger charge is 2.16. The molecule has 0 saturated carbocycles. The van der Waals surface area contributed by atoms with Crippen LogP contribution in [0.15, 0.2) is 66.8 Å². The minimum atomic E-state index is 1.28. The lowest BCUT2D eigenvalue weighted by atomic mass is 9.88. The summed E-state index contributed by atoms with van der Waals surface area (Å²) >= 11 is 0. The second kappa shape index (κ2) is 5.19. The van der Waals surface area contributed by atoms with Crippen LogP contribution in [0.2, 0.25) is 0 Å². The molecule has 2 aliphatic rings. The summed E-state index contributed by atoms with van der Waals surface area (Å²) in [7, 11) is 0. The average molecular weight is 328 g/mol. The molecule has 0 atom stereocenters. The summed E-state index contributed by atoms with van der Waals surface area (Å²) in [5, 5.41) is 8.00. The molecule has 0 heteroatoms. The topological polar surface area (TPSA) is 0 Å². The zero-order valence-electron chi connectivity index (χ0n) is 14.2. The Morgan fingerprint density at radius 3 is 1.73 bits per heavy atom. The highest BCUT2D eigenvalue weighted by Crippen LogP contribution is 2.40. The molecule has 0 bridgehead atoms. The van der Waals surface area contributed by atoms with E-state index in [2.05, 4.69) is 97.8 Å². The molecule has 4 aromatic carbocycles. The van der Waals surface area contributed by atoms with Gasteiger partial charge in [0.1, 0.15) is 0 Å². The van der Waals surface area contributed by atoms with Crippen LogP contribution in [-0.4, -0.2) is 0 Å². The van der Waals surface area contributed by atoms with Crippen LogP contribution in [0.25, 0.3) is 50.5 Å². The monoisotopic (exact) mass is 328 g/mol. The summed E-state index contributed by atoms with van der Waals surface area (Å²) in [5.41, 5.74) is 5.25. The fourth-order valence-corrected chi connectivity index (χ4v) is 4.41. The van der Waals surface area contributed by atoms with Gasteiger partial charge in [0, 0.05) is 12.8 Å². The first-order valence-corrected chi connectivity index (χ1v) is 9.05. The van der Waals surface area contributed by atoms with E-state index in [-0.39, 0.29) is 0 Å². The van der Waals surface area contributed by atoms with Crippen molar-refractivity contribution in [1.29, 1.82) is 0 Å². The maximum Gasteiger partial charge on any atom is 0.0138 e. The number of allylic oxidation sites excluding steroid dienone is 3. The van der Waals surface area contributed by atoms with Gasteiger partial charge in [-0.05, 0) is 54.6 Å². The van der Waals surface area contributed by atoms with E-state index in [0.717, 1.165) is 0 Å². The molecule has 0 amide bonds. The van der Waals surface area contributed by atoms with Crippen LogP contribution in [0.4, 0.5) is 0 Å². The van der Waals surface area contributed by atoms with Crippen LogP contribution in [0.5, 0.6) is 0 Å². The van der Waals surface area contributed by atoms with Crippen molar-refractivity contribution in [3.8, 4) is 0 Å². The van der Waals surface area contributed by atoms with Gasteiger partial charge in [-0.25, -0.2) is 0 Å². The Labute approximate surface area is 152 Å². The zero-order chi connectivity index (χ0) is 17.1. The Kier molecular flexibility index (Phi) is 2.81. The van der Waals surface area contributed by atoms with E-state index in [4.69, 9.17) is 0 Å². The van der Waals surface area contributed by atoms with Crippen molar-refractivity contribution >= 4 is 50.5 Å². The summed E-state index contributed by atoms with van der Waals surface area (Å²) in [6.45, 7) is 0. The van der Waals surface area contributed by atoms with Gasteiger partial charge in [0.25, 0.3) is 0 Å². The molecule has 26 heavy (non-hydrogen) atoms. The molecule has 120 valence electrons. The highest BCUT2D eigenvalue weighted by atomic mass is 14.2. The van der Waals surface area contributed by atoms with E-state index in [1.54, 1.807) is 0 Å². The summed E-state index contributed by atoms with van der Waals surface area (Å²) in [6.07, 6.45) is 17.4. The maximum absolute atomic E-state index is 2.26. The number of hydrogen-bond donors (Lipinski definition) is 0. The second-order valence-corrected chi connectivity index (χ2v) is 7.00. The van der Waals surface area contributed by atoms with Gasteiger partial charge in [-0.2, -0.15) is 0 Å². The van der Waals surface area contributed by atoms with Crippen molar-refractivity contribution in [2.75, 3.05) is 0 Å². The van der Waals surface area contributed by atoms with Crippen LogP contribution in [-0.2, 0) is 0 Å². The maximum atomic E-state index is 2.26. The fourth-order valence-electron chi connectivity index (χ4n) is 4.41. The first-order valence-electron chi connectivity index (χ1n) is 9.05. The van der Waals surface area contributed by atoms with Crippen LogP contribution in [0, 0.1) is 12.8 Å². The fraction of sp³-hybridized carbons (Fsp3) is 0. The van der Waals surface area contributed by atoms with Crippen molar-refractivity contribution in [2.45, 2.75) is 0 Å². The Balaban J connectivity index is 1.92. The zero-order valence-corrected chi connectivity index (χ0v) is 14.2. The van der Waals surface area contributed by atoms with Gasteiger partial charge in [-0.1, -0.05) is 85.0 Å². The number of benzene rings is 4. The summed E-state index contributed by atoms with van der Waals surface area (Å²) in [6, 6.07) is 18.0. The first-order chi connectivity index (χ1) is 12.9. The standard InChI is InChI=1S/C26H16/c1-2-5-17-9-11-19-13-15-21-16-14-20-12-10-18-6-4-8-23(18)25(20)26(21)24(19)22(17)7-3-1/h1-16H. The van der Waals surface area contributed by atoms with Crippen LogP contribution < -0.4 is 0 Å². The Morgan fingerprint density at radius 2 is 0.962 bits per heavy atom. The molecule has 0 N–H and O–H groups in total. The minimum absolute atomic E-state index is 1.28. The van der Waals surface area contributed by atoms with Gasteiger partial charge in [0.05, 0.1) is 0 Å². The number of rotatable bonds is 0. The van der Waals surface area contributed by atoms with E-state index in [0.29, 0.717) is 0 Å². The van der Waals surface area contributed by atoms with E-state index in [1.807, 2.05) is 0 Å². The molecular weight excluding hydrogens is 312 g/mol. The molecule has 2 radical (unpaired) electrons. The van der Waals surface area contributed by atoms with Crippen molar-refractivity contribution in [2.24, 2.45) is 0 Å². The van der Waals surface area contributed by atoms with Gasteiger partial charge in [-0.3, -0.25) is 0 Å². The van der Waals surface area contributed by atoms with E-state index in [9.17, 15) is 0 Å². The van der Waals surface area contributed by atoms with Gasteiger partial charge in [0.2, 0.25) is 0 Å². The van der Waals surface area contributed by atoms with Crippen molar-refractivity contribution < 1.29 is 0 Å². The minimum Gasteiger partial charge on any atom is -0.0761 e. The third kappa shape index (κ3) is 1.84. The van der Waals surface area contributed by atoms with E-state index in [1.165, 1.54) is 54.6 Å². The molecule has 0 aliphatic heterocycles. The molecule has 0 heterocycles. The van der Waals surface area contributed by atoms with E-state index < -0.39 is 0 Å². The summed E-state index contributed by atoms with van der Waals surface area (Å²) in [4.78, 5) is 0. The second-order valence-electron chi connectivity index (χ2n) is 7.00. The van der Waals surface area contributed by atoms with Crippen LogP contribution >= 0.6 is 0 Å². The summed E-state index contributed by atoms with van der Waals surface area (Å²) in [5.74, 6) is 0. The Hall–Kier alpha value is -3.12. The summed E-state index contributed by atoms with van der Waals surface area (Å²) < 4.78 is 0. The quantitative estimate of drug-likeness (QED) is 0.306. The van der Waals surface area contributed by atoms with Gasteiger partial charge in [0.15, 0.2) is 0 Å². The SMILES string of the molecule is [CH]1C=Cc2ccc3ccc4ccc5ccc6c(c5c4c3c2C=C1)[CH]C=C6. The Morgan fingerprint density at radius 1 is 0.423 bits per heavy atom. The van der Waals surface area contributed by atoms with Gasteiger partial charge < -0.3 is 0 Å². The molecule has 0 spiro atoms. The Bertz CT molecular complexity index is 1310. The molecule has 0 saturated heterocycles. The number of fused-ring (bicyclic) bond motifs is 9. The molecule has 0 unspecified atom stereocenters. The molecule has 0 aromatic heterocycles. The first kappa shape index (κ1) is 14.1. The van der Waals surface area contributed by atoms with E-state index >= 15 is 0 Å². The third-order valence-electron chi connectivity index (χ3n) is 5.60. The van der Waals surface area contributed by atoms with Gasteiger partial charge >= 0.3 is 0 Å². The lowest BCUT2D eigenvalue weighted by Gasteiger charge is -2.15. The smallest absolute Gasteiger partial charge is 0.0138 e. The van der Waals surface area contributed by atoms with Crippen molar-refractivity contribution in [3.63, 3.8) is 0 Å². The molecule has 0 fully saturated rings. The van der Waals surface area contributed by atoms with Crippen LogP contribution in [0.1, 0.15) is 22.3 Å². The largest absolute Gasteiger partial charge is 0.0761 e. The van der Waals surface area contributed by atoms with Crippen LogP contribution in [0.3, 0.4) is 0 Å². The molecule has 2 aliphatic carbocycles. The molecule has 6 rings (SSSR count). The highest BCUT2D eigenvalue weighted by molar-refractivity contribution is 6.24. The normalized spacial score (nSPS) is 14.9. The predicted molar refractivity (Wildman–Crippen MR) is 114 cm³/mol. The van der Waals surface area contributed by atoms with Gasteiger partial charge in [-0.15, -0.1) is 0 Å². The predicted octanol–water partition coefficient (Wildman–Crippen LogP) is 6.97. The average Bonchev–Trinajstić information content (AvgIpc) is 3.03. The molecular formula is C26H16. The lowest BCUT2D eigenvalue weighted by Crippen LogP contribution is -1.90. The van der Waals surface area contributed by atoms with Crippen molar-refractivity contribution in [1.82, 2.24) is 0 Å². The van der Waals surface area contributed by atoms with Crippen molar-refractivity contribution in [3.05, 3.63) is 102 Å². The molecule has 4 aromatic rings. The third-order valence-corrected chi connectivity index (χ3v) is 5.60. The lowest BCUT2D eigenvalue weighted by molar-refractivity contribution is 1.62. The number of hydrogen-bond acceptors (Lipinski definition) is 0. The molecule has 0 nitrogen and oxygen atoms in total.